The number of rotatable bonds is 7. The molecule has 0 aliphatic carbocycles. The summed E-state index contributed by atoms with van der Waals surface area (Å²) in [6.45, 7) is 1.77. The van der Waals surface area contributed by atoms with Gasteiger partial charge in [-0.15, -0.1) is 0 Å². The van der Waals surface area contributed by atoms with Gasteiger partial charge in [0.1, 0.15) is 5.75 Å². The lowest BCUT2D eigenvalue weighted by molar-refractivity contribution is -0.115. The van der Waals surface area contributed by atoms with Crippen molar-refractivity contribution in [2.75, 3.05) is 30.4 Å². The number of ether oxygens (including phenoxy) is 1. The quantitative estimate of drug-likeness (QED) is 0.566. The average Bonchev–Trinajstić information content (AvgIpc) is 2.86. The van der Waals surface area contributed by atoms with Crippen molar-refractivity contribution in [1.29, 1.82) is 5.26 Å². The smallest absolute Gasteiger partial charge is 0.324 e. The highest BCUT2D eigenvalue weighted by atomic mass is 16.5. The number of hydrogen-bond donors (Lipinski definition) is 1. The number of nitriles is 1. The van der Waals surface area contributed by atoms with E-state index < -0.39 is 0 Å². The van der Waals surface area contributed by atoms with Crippen molar-refractivity contribution in [2.45, 2.75) is 19.4 Å². The Labute approximate surface area is 199 Å². The number of nitrogens with one attached hydrogen (secondary N) is 1. The third-order valence-corrected chi connectivity index (χ3v) is 5.71. The standard InChI is InChI=1S/C27H26N4O3/c1-34-25-8-2-5-22(15-25)16-26(32)29-23-6-3-7-24(17-23)31-14-4-13-30(27(31)33)19-21-11-9-20(18-28)10-12-21/h2-3,5-12,15,17H,4,13-14,16,19H2,1H3,(H,29,32). The fourth-order valence-corrected chi connectivity index (χ4v) is 4.00. The van der Waals surface area contributed by atoms with Crippen LogP contribution in [-0.2, 0) is 17.8 Å². The predicted octanol–water partition coefficient (Wildman–Crippen LogP) is 4.58. The number of hydrogen-bond acceptors (Lipinski definition) is 4. The maximum absolute atomic E-state index is 13.2. The fraction of sp³-hybridized carbons (Fsp3) is 0.222. The molecule has 1 aliphatic heterocycles. The van der Waals surface area contributed by atoms with Crippen molar-refractivity contribution >= 4 is 23.3 Å². The molecule has 0 radical (unpaired) electrons. The van der Waals surface area contributed by atoms with Crippen molar-refractivity contribution in [2.24, 2.45) is 0 Å². The van der Waals surface area contributed by atoms with Crippen LogP contribution in [0.4, 0.5) is 16.2 Å². The molecular formula is C27H26N4O3. The molecule has 3 aromatic carbocycles. The first kappa shape index (κ1) is 22.9. The number of nitrogens with zero attached hydrogens (tertiary/aromatic N) is 3. The van der Waals surface area contributed by atoms with E-state index in [1.54, 1.807) is 29.0 Å². The predicted molar refractivity (Wildman–Crippen MR) is 131 cm³/mol. The minimum Gasteiger partial charge on any atom is -0.497 e. The normalized spacial score (nSPS) is 13.4. The Balaban J connectivity index is 1.42. The van der Waals surface area contributed by atoms with Gasteiger partial charge in [0.25, 0.3) is 0 Å². The largest absolute Gasteiger partial charge is 0.497 e. The molecule has 1 fully saturated rings. The molecule has 0 saturated carbocycles. The van der Waals surface area contributed by atoms with Gasteiger partial charge in [-0.3, -0.25) is 9.69 Å². The molecule has 3 amide bonds. The maximum atomic E-state index is 13.2. The van der Waals surface area contributed by atoms with E-state index >= 15 is 0 Å². The summed E-state index contributed by atoms with van der Waals surface area (Å²) in [5, 5.41) is 11.9. The molecule has 1 aliphatic rings. The second-order valence-corrected chi connectivity index (χ2v) is 8.14. The molecule has 3 aromatic rings. The Kier molecular flexibility index (Phi) is 7.09. The Morgan fingerprint density at radius 3 is 2.59 bits per heavy atom. The van der Waals surface area contributed by atoms with Gasteiger partial charge in [-0.2, -0.15) is 5.26 Å². The van der Waals surface area contributed by atoms with Crippen LogP contribution in [-0.4, -0.2) is 37.0 Å². The van der Waals surface area contributed by atoms with E-state index in [1.165, 1.54) is 0 Å². The van der Waals surface area contributed by atoms with Crippen molar-refractivity contribution in [3.63, 3.8) is 0 Å². The van der Waals surface area contributed by atoms with Gasteiger partial charge in [-0.1, -0.05) is 30.3 Å². The van der Waals surface area contributed by atoms with Gasteiger partial charge in [0.05, 0.1) is 25.2 Å². The molecule has 7 nitrogen and oxygen atoms in total. The molecule has 0 aromatic heterocycles. The van der Waals surface area contributed by atoms with Crippen LogP contribution < -0.4 is 15.0 Å². The highest BCUT2D eigenvalue weighted by Gasteiger charge is 2.27. The fourth-order valence-electron chi connectivity index (χ4n) is 4.00. The van der Waals surface area contributed by atoms with E-state index in [2.05, 4.69) is 11.4 Å². The molecule has 0 atom stereocenters. The number of anilines is 2. The van der Waals surface area contributed by atoms with Crippen molar-refractivity contribution in [3.8, 4) is 11.8 Å². The lowest BCUT2D eigenvalue weighted by Crippen LogP contribution is -2.49. The minimum absolute atomic E-state index is 0.0736. The van der Waals surface area contributed by atoms with Crippen LogP contribution in [0.5, 0.6) is 5.75 Å². The molecule has 1 N–H and O–H groups in total. The van der Waals surface area contributed by atoms with Gasteiger partial charge in [0.15, 0.2) is 0 Å². The maximum Gasteiger partial charge on any atom is 0.324 e. The summed E-state index contributed by atoms with van der Waals surface area (Å²) in [6, 6.07) is 24.1. The van der Waals surface area contributed by atoms with Crippen LogP contribution in [0.3, 0.4) is 0 Å². The minimum atomic E-state index is -0.141. The van der Waals surface area contributed by atoms with E-state index in [9.17, 15) is 9.59 Å². The third kappa shape index (κ3) is 5.54. The van der Waals surface area contributed by atoms with Crippen LogP contribution >= 0.6 is 0 Å². The molecule has 0 bridgehead atoms. The molecule has 0 spiro atoms. The number of urea groups is 1. The van der Waals surface area contributed by atoms with Crippen LogP contribution in [0.2, 0.25) is 0 Å². The summed E-state index contributed by atoms with van der Waals surface area (Å²) >= 11 is 0. The summed E-state index contributed by atoms with van der Waals surface area (Å²) in [4.78, 5) is 29.3. The summed E-state index contributed by atoms with van der Waals surface area (Å²) < 4.78 is 5.22. The van der Waals surface area contributed by atoms with Gasteiger partial charge in [0.2, 0.25) is 5.91 Å². The van der Waals surface area contributed by atoms with E-state index in [0.717, 1.165) is 23.2 Å². The zero-order valence-electron chi connectivity index (χ0n) is 19.0. The van der Waals surface area contributed by atoms with E-state index in [4.69, 9.17) is 10.00 Å². The number of carbonyl (C=O) groups is 2. The lowest BCUT2D eigenvalue weighted by atomic mass is 10.1. The second kappa shape index (κ2) is 10.5. The highest BCUT2D eigenvalue weighted by Crippen LogP contribution is 2.25. The monoisotopic (exact) mass is 454 g/mol. The number of methoxy groups -OCH3 is 1. The van der Waals surface area contributed by atoms with Gasteiger partial charge >= 0.3 is 6.03 Å². The summed E-state index contributed by atoms with van der Waals surface area (Å²) in [6.07, 6.45) is 1.07. The first-order chi connectivity index (χ1) is 16.6. The first-order valence-electron chi connectivity index (χ1n) is 11.1. The van der Waals surface area contributed by atoms with Crippen LogP contribution in [0, 0.1) is 11.3 Å². The molecule has 0 unspecified atom stereocenters. The Hall–Kier alpha value is -4.31. The van der Waals surface area contributed by atoms with Gasteiger partial charge < -0.3 is 15.0 Å². The van der Waals surface area contributed by atoms with Gasteiger partial charge in [-0.25, -0.2) is 4.79 Å². The van der Waals surface area contributed by atoms with Crippen LogP contribution in [0.15, 0.2) is 72.8 Å². The molecule has 4 rings (SSSR count). The molecule has 7 heteroatoms. The summed E-state index contributed by atoms with van der Waals surface area (Å²) in [5.74, 6) is 0.569. The first-order valence-corrected chi connectivity index (χ1v) is 11.1. The molecular weight excluding hydrogens is 428 g/mol. The summed E-state index contributed by atoms with van der Waals surface area (Å²) in [5.41, 5.74) is 3.82. The average molecular weight is 455 g/mol. The van der Waals surface area contributed by atoms with E-state index in [0.29, 0.717) is 36.6 Å². The van der Waals surface area contributed by atoms with Crippen LogP contribution in [0.25, 0.3) is 0 Å². The number of benzene rings is 3. The van der Waals surface area contributed by atoms with Crippen molar-refractivity contribution in [3.05, 3.63) is 89.5 Å². The lowest BCUT2D eigenvalue weighted by Gasteiger charge is -2.36. The van der Waals surface area contributed by atoms with Gasteiger partial charge in [0, 0.05) is 31.0 Å². The third-order valence-electron chi connectivity index (χ3n) is 5.71. The van der Waals surface area contributed by atoms with Crippen molar-refractivity contribution < 1.29 is 14.3 Å². The zero-order chi connectivity index (χ0) is 23.9. The zero-order valence-corrected chi connectivity index (χ0v) is 19.0. The molecule has 1 heterocycles. The Morgan fingerprint density at radius 1 is 1.03 bits per heavy atom. The van der Waals surface area contributed by atoms with Crippen molar-refractivity contribution in [1.82, 2.24) is 4.90 Å². The van der Waals surface area contributed by atoms with Gasteiger partial charge in [-0.05, 0) is 60.0 Å². The second-order valence-electron chi connectivity index (χ2n) is 8.14. The molecule has 34 heavy (non-hydrogen) atoms. The number of amides is 3. The Morgan fingerprint density at radius 2 is 1.82 bits per heavy atom. The van der Waals surface area contributed by atoms with E-state index in [-0.39, 0.29) is 18.4 Å². The summed E-state index contributed by atoms with van der Waals surface area (Å²) in [7, 11) is 1.60. The highest BCUT2D eigenvalue weighted by molar-refractivity contribution is 5.96. The topological polar surface area (TPSA) is 85.7 Å². The molecule has 1 saturated heterocycles. The number of carbonyl (C=O) groups excluding carboxylic acids is 2. The molecule has 172 valence electrons. The van der Waals surface area contributed by atoms with Crippen LogP contribution in [0.1, 0.15) is 23.1 Å². The Bertz CT molecular complexity index is 1220. The SMILES string of the molecule is COc1cccc(CC(=O)Nc2cccc(N3CCCN(Cc4ccc(C#N)cc4)C3=O)c2)c1. The van der Waals surface area contributed by atoms with E-state index in [1.807, 2.05) is 60.7 Å².